The van der Waals surface area contributed by atoms with Gasteiger partial charge in [0.1, 0.15) is 0 Å². The van der Waals surface area contributed by atoms with Crippen LogP contribution in [0.1, 0.15) is 26.3 Å². The lowest BCUT2D eigenvalue weighted by molar-refractivity contribution is 0.104. The van der Waals surface area contributed by atoms with Crippen molar-refractivity contribution in [2.45, 2.75) is 6.92 Å². The predicted octanol–water partition coefficient (Wildman–Crippen LogP) is 6.84. The second-order valence-electron chi connectivity index (χ2n) is 6.08. The summed E-state index contributed by atoms with van der Waals surface area (Å²) in [6.45, 7) is 1.70. The van der Waals surface area contributed by atoms with Gasteiger partial charge in [-0.05, 0) is 62.5 Å². The van der Waals surface area contributed by atoms with E-state index in [0.717, 1.165) is 0 Å². The van der Waals surface area contributed by atoms with Crippen LogP contribution in [0.3, 0.4) is 0 Å². The van der Waals surface area contributed by atoms with Gasteiger partial charge in [0.15, 0.2) is 0 Å². The van der Waals surface area contributed by atoms with E-state index in [9.17, 15) is 14.2 Å². The Morgan fingerprint density at radius 2 is 1.32 bits per heavy atom. The first-order chi connectivity index (χ1) is 13.3. The van der Waals surface area contributed by atoms with Crippen LogP contribution in [0, 0.1) is 6.92 Å². The summed E-state index contributed by atoms with van der Waals surface area (Å²) in [7, 11) is -4.23. The topological polar surface area (TPSA) is 51.2 Å². The van der Waals surface area contributed by atoms with E-state index in [1.807, 2.05) is 0 Å². The molecule has 142 valence electrons. The highest BCUT2D eigenvalue weighted by molar-refractivity contribution is 9.11. The summed E-state index contributed by atoms with van der Waals surface area (Å²) < 4.78 is 15.1. The Kier molecular flexibility index (Phi) is 6.41. The van der Waals surface area contributed by atoms with Crippen molar-refractivity contribution < 1.29 is 14.2 Å². The standard InChI is InChI=1S/C21H14Br2ClO3P/c1-13-7-5-12-17(24)18(13)20(25)28(27,14-8-3-2-4-9-14)21(26)19-15(22)10-6-11-16(19)23/h2-12H,1H3. The van der Waals surface area contributed by atoms with Gasteiger partial charge in [-0.25, -0.2) is 0 Å². The Bertz CT molecular complexity index is 1020. The van der Waals surface area contributed by atoms with Crippen LogP contribution in [0.4, 0.5) is 0 Å². The molecule has 0 aliphatic heterocycles. The number of carbonyl (C=O) groups excluding carboxylic acids is 2. The van der Waals surface area contributed by atoms with E-state index in [1.54, 1.807) is 61.5 Å². The normalized spacial score (nSPS) is 13.0. The lowest BCUT2D eigenvalue weighted by Crippen LogP contribution is -2.22. The van der Waals surface area contributed by atoms with Crippen molar-refractivity contribution in [3.05, 3.63) is 97.4 Å². The molecule has 0 aliphatic rings. The van der Waals surface area contributed by atoms with Gasteiger partial charge in [0.05, 0.1) is 10.6 Å². The summed E-state index contributed by atoms with van der Waals surface area (Å²) in [5, 5.41) is 0.340. The third-order valence-electron chi connectivity index (χ3n) is 4.30. The van der Waals surface area contributed by atoms with Crippen LogP contribution in [0.25, 0.3) is 0 Å². The van der Waals surface area contributed by atoms with Gasteiger partial charge in [-0.3, -0.25) is 9.59 Å². The van der Waals surface area contributed by atoms with E-state index in [1.165, 1.54) is 12.1 Å². The molecule has 1 atom stereocenters. The number of benzene rings is 3. The zero-order valence-corrected chi connectivity index (χ0v) is 19.5. The number of halogens is 3. The van der Waals surface area contributed by atoms with Crippen LogP contribution in [0.5, 0.6) is 0 Å². The van der Waals surface area contributed by atoms with E-state index in [2.05, 4.69) is 31.9 Å². The molecule has 3 aromatic rings. The highest BCUT2D eigenvalue weighted by atomic mass is 79.9. The molecular weight excluding hydrogens is 526 g/mol. The quantitative estimate of drug-likeness (QED) is 0.333. The van der Waals surface area contributed by atoms with Gasteiger partial charge < -0.3 is 4.57 Å². The third-order valence-corrected chi connectivity index (χ3v) is 8.56. The van der Waals surface area contributed by atoms with Crippen LogP contribution in [-0.2, 0) is 4.57 Å². The van der Waals surface area contributed by atoms with Crippen LogP contribution in [0.2, 0.25) is 5.02 Å². The van der Waals surface area contributed by atoms with Gasteiger partial charge >= 0.3 is 0 Å². The minimum atomic E-state index is -4.23. The fourth-order valence-electron chi connectivity index (χ4n) is 2.88. The van der Waals surface area contributed by atoms with Gasteiger partial charge in [-0.2, -0.15) is 0 Å². The fourth-order valence-corrected chi connectivity index (χ4v) is 7.34. The third kappa shape index (κ3) is 3.69. The van der Waals surface area contributed by atoms with Gasteiger partial charge in [-0.1, -0.05) is 60.1 Å². The zero-order valence-electron chi connectivity index (χ0n) is 14.7. The van der Waals surface area contributed by atoms with Crippen LogP contribution >= 0.6 is 50.6 Å². The van der Waals surface area contributed by atoms with E-state index in [-0.39, 0.29) is 21.5 Å². The first-order valence-corrected chi connectivity index (χ1v) is 11.9. The Morgan fingerprint density at radius 3 is 1.89 bits per heavy atom. The van der Waals surface area contributed by atoms with Crippen molar-refractivity contribution in [2.24, 2.45) is 0 Å². The molecule has 0 aliphatic carbocycles. The molecule has 3 aromatic carbocycles. The van der Waals surface area contributed by atoms with Crippen LogP contribution in [0.15, 0.2) is 75.7 Å². The summed E-state index contributed by atoms with van der Waals surface area (Å²) in [5.74, 6) is 0. The van der Waals surface area contributed by atoms with Crippen molar-refractivity contribution >= 4 is 67.0 Å². The van der Waals surface area contributed by atoms with Gasteiger partial charge in [0, 0.05) is 19.8 Å². The highest BCUT2D eigenvalue weighted by Gasteiger charge is 2.45. The molecule has 0 fully saturated rings. The van der Waals surface area contributed by atoms with Gasteiger partial charge in [0.2, 0.25) is 18.2 Å². The summed E-state index contributed by atoms with van der Waals surface area (Å²) >= 11 is 12.9. The molecule has 0 aromatic heterocycles. The lowest BCUT2D eigenvalue weighted by Gasteiger charge is -2.19. The second-order valence-corrected chi connectivity index (χ2v) is 10.7. The maximum Gasteiger partial charge on any atom is 0.248 e. The zero-order chi connectivity index (χ0) is 20.5. The lowest BCUT2D eigenvalue weighted by atomic mass is 10.1. The van der Waals surface area contributed by atoms with E-state index < -0.39 is 18.2 Å². The maximum atomic E-state index is 14.2. The van der Waals surface area contributed by atoms with E-state index in [0.29, 0.717) is 14.5 Å². The minimum absolute atomic E-state index is 0.105. The minimum Gasteiger partial charge on any atom is -0.302 e. The molecule has 0 bridgehead atoms. The number of carbonyl (C=O) groups is 2. The molecule has 0 heterocycles. The molecule has 0 N–H and O–H groups in total. The molecule has 0 amide bonds. The van der Waals surface area contributed by atoms with Gasteiger partial charge in [0.25, 0.3) is 0 Å². The number of aryl methyl sites for hydroxylation is 1. The number of hydrogen-bond acceptors (Lipinski definition) is 3. The Balaban J connectivity index is 2.31. The Labute approximate surface area is 184 Å². The van der Waals surface area contributed by atoms with Crippen molar-refractivity contribution in [3.63, 3.8) is 0 Å². The number of hydrogen-bond donors (Lipinski definition) is 0. The van der Waals surface area contributed by atoms with Crippen LogP contribution < -0.4 is 5.30 Å². The smallest absolute Gasteiger partial charge is 0.248 e. The SMILES string of the molecule is Cc1cccc(Cl)c1C(=O)P(=O)(C(=O)c1c(Br)cccc1Br)c1ccccc1. The van der Waals surface area contributed by atoms with Crippen molar-refractivity contribution in [3.8, 4) is 0 Å². The van der Waals surface area contributed by atoms with Gasteiger partial charge in [-0.15, -0.1) is 0 Å². The van der Waals surface area contributed by atoms with Crippen molar-refractivity contribution in [1.82, 2.24) is 0 Å². The Hall–Kier alpha value is -1.52. The predicted molar refractivity (Wildman–Crippen MR) is 120 cm³/mol. The van der Waals surface area contributed by atoms with E-state index >= 15 is 0 Å². The maximum absolute atomic E-state index is 14.2. The fraction of sp³-hybridized carbons (Fsp3) is 0.0476. The Morgan fingerprint density at radius 1 is 0.786 bits per heavy atom. The second kappa shape index (κ2) is 8.46. The molecule has 28 heavy (non-hydrogen) atoms. The molecule has 0 radical (unpaired) electrons. The molecule has 0 saturated heterocycles. The van der Waals surface area contributed by atoms with Crippen LogP contribution in [-0.4, -0.2) is 11.0 Å². The average Bonchev–Trinajstić information content (AvgIpc) is 2.67. The molecule has 1 unspecified atom stereocenters. The van der Waals surface area contributed by atoms with Crippen molar-refractivity contribution in [1.29, 1.82) is 0 Å². The average molecular weight is 541 g/mol. The first-order valence-electron chi connectivity index (χ1n) is 8.23. The summed E-state index contributed by atoms with van der Waals surface area (Å²) in [6.07, 6.45) is 0. The van der Waals surface area contributed by atoms with Crippen molar-refractivity contribution in [2.75, 3.05) is 0 Å². The molecule has 7 heteroatoms. The molecule has 3 rings (SSSR count). The first kappa shape index (κ1) is 21.2. The summed E-state index contributed by atoms with van der Waals surface area (Å²) in [6, 6.07) is 18.1. The summed E-state index contributed by atoms with van der Waals surface area (Å²) in [5.41, 5.74) is -0.690. The number of rotatable bonds is 5. The largest absolute Gasteiger partial charge is 0.302 e. The molecular formula is C21H14Br2ClO3P. The molecule has 0 saturated carbocycles. The van der Waals surface area contributed by atoms with E-state index in [4.69, 9.17) is 11.6 Å². The molecule has 3 nitrogen and oxygen atoms in total. The molecule has 0 spiro atoms. The highest BCUT2D eigenvalue weighted by Crippen LogP contribution is 2.53. The summed E-state index contributed by atoms with van der Waals surface area (Å²) in [4.78, 5) is 27.1. The monoisotopic (exact) mass is 538 g/mol.